The van der Waals surface area contributed by atoms with Gasteiger partial charge in [0.15, 0.2) is 0 Å². The van der Waals surface area contributed by atoms with Gasteiger partial charge >= 0.3 is 5.97 Å². The number of carboxylic acids is 1. The number of hydrogen-bond donors (Lipinski definition) is 2. The topological polar surface area (TPSA) is 78.6 Å². The van der Waals surface area contributed by atoms with Gasteiger partial charge in [-0.2, -0.15) is 5.10 Å². The molecule has 0 aliphatic heterocycles. The van der Waals surface area contributed by atoms with E-state index in [1.165, 1.54) is 6.20 Å². The number of anilines is 1. The molecule has 6 heteroatoms. The third-order valence-electron chi connectivity index (χ3n) is 2.95. The molecule has 0 radical (unpaired) electrons. The number of phenols is 1. The van der Waals surface area contributed by atoms with Crippen LogP contribution >= 0.6 is 0 Å². The lowest BCUT2D eigenvalue weighted by Gasteiger charge is -2.20. The smallest absolute Gasteiger partial charge is 0.339 e. The number of aromatic nitrogens is 2. The molecule has 0 fully saturated rings. The zero-order chi connectivity index (χ0) is 14.0. The molecule has 0 saturated carbocycles. The van der Waals surface area contributed by atoms with Crippen LogP contribution in [-0.2, 0) is 13.6 Å². The summed E-state index contributed by atoms with van der Waals surface area (Å²) in [6, 6.07) is 6.79. The maximum Gasteiger partial charge on any atom is 0.339 e. The second-order valence-corrected chi connectivity index (χ2v) is 4.31. The third kappa shape index (κ3) is 2.67. The Morgan fingerprint density at radius 2 is 2.21 bits per heavy atom. The highest BCUT2D eigenvalue weighted by molar-refractivity contribution is 5.88. The molecule has 0 atom stereocenters. The van der Waals surface area contributed by atoms with Crippen LogP contribution in [-0.4, -0.2) is 33.0 Å². The average Bonchev–Trinajstić information content (AvgIpc) is 2.71. The molecular formula is C13H15N3O3. The number of phenolic OH excluding ortho intramolecular Hbond substituents is 1. The van der Waals surface area contributed by atoms with E-state index in [0.717, 1.165) is 5.69 Å². The van der Waals surface area contributed by atoms with Crippen LogP contribution in [0.2, 0.25) is 0 Å². The number of aromatic hydroxyl groups is 1. The molecule has 1 aromatic heterocycles. The summed E-state index contributed by atoms with van der Waals surface area (Å²) < 4.78 is 1.54. The van der Waals surface area contributed by atoms with Crippen LogP contribution in [0.4, 0.5) is 5.69 Å². The van der Waals surface area contributed by atoms with E-state index >= 15 is 0 Å². The molecule has 2 N–H and O–H groups in total. The lowest BCUT2D eigenvalue weighted by Crippen LogP contribution is -2.20. The number of benzene rings is 1. The Balaban J connectivity index is 2.26. The number of carbonyl (C=O) groups is 1. The molecule has 19 heavy (non-hydrogen) atoms. The van der Waals surface area contributed by atoms with Gasteiger partial charge in [0.2, 0.25) is 0 Å². The number of hydrogen-bond acceptors (Lipinski definition) is 4. The molecule has 0 amide bonds. The van der Waals surface area contributed by atoms with Gasteiger partial charge in [-0.25, -0.2) is 4.79 Å². The summed E-state index contributed by atoms with van der Waals surface area (Å²) in [6.07, 6.45) is 1.34. The number of nitrogens with zero attached hydrogens (tertiary/aromatic N) is 3. The molecule has 0 aliphatic carbocycles. The van der Waals surface area contributed by atoms with Crippen molar-refractivity contribution in [1.82, 2.24) is 9.78 Å². The summed E-state index contributed by atoms with van der Waals surface area (Å²) in [5.74, 6) is -0.819. The average molecular weight is 261 g/mol. The van der Waals surface area contributed by atoms with E-state index in [4.69, 9.17) is 5.11 Å². The quantitative estimate of drug-likeness (QED) is 0.871. The molecule has 1 aromatic carbocycles. The van der Waals surface area contributed by atoms with Crippen LogP contribution in [0.15, 0.2) is 30.5 Å². The summed E-state index contributed by atoms with van der Waals surface area (Å²) in [4.78, 5) is 12.9. The molecule has 2 rings (SSSR count). The van der Waals surface area contributed by atoms with Crippen molar-refractivity contribution in [2.75, 3.05) is 11.9 Å². The van der Waals surface area contributed by atoms with E-state index in [2.05, 4.69) is 5.10 Å². The van der Waals surface area contributed by atoms with E-state index in [1.807, 2.05) is 18.0 Å². The van der Waals surface area contributed by atoms with Crippen molar-refractivity contribution in [1.29, 1.82) is 0 Å². The van der Waals surface area contributed by atoms with Gasteiger partial charge in [0, 0.05) is 25.8 Å². The Hall–Kier alpha value is -2.50. The van der Waals surface area contributed by atoms with Crippen LogP contribution in [0.3, 0.4) is 0 Å². The molecule has 6 nitrogen and oxygen atoms in total. The molecule has 2 aromatic rings. The van der Waals surface area contributed by atoms with E-state index in [-0.39, 0.29) is 11.3 Å². The molecular weight excluding hydrogens is 246 g/mol. The fourth-order valence-corrected chi connectivity index (χ4v) is 1.88. The Morgan fingerprint density at radius 3 is 2.84 bits per heavy atom. The fraction of sp³-hybridized carbons (Fsp3) is 0.231. The van der Waals surface area contributed by atoms with Crippen LogP contribution < -0.4 is 4.90 Å². The first kappa shape index (κ1) is 12.9. The second-order valence-electron chi connectivity index (χ2n) is 4.31. The van der Waals surface area contributed by atoms with Gasteiger partial charge < -0.3 is 15.1 Å². The van der Waals surface area contributed by atoms with Crippen molar-refractivity contribution in [3.05, 3.63) is 41.7 Å². The normalized spacial score (nSPS) is 10.4. The predicted molar refractivity (Wildman–Crippen MR) is 70.4 cm³/mol. The molecule has 0 bridgehead atoms. The van der Waals surface area contributed by atoms with Gasteiger partial charge in [0.25, 0.3) is 0 Å². The van der Waals surface area contributed by atoms with Crippen LogP contribution in [0.25, 0.3) is 0 Å². The highest BCUT2D eigenvalue weighted by atomic mass is 16.4. The van der Waals surface area contributed by atoms with Crippen molar-refractivity contribution in [3.63, 3.8) is 0 Å². The van der Waals surface area contributed by atoms with Gasteiger partial charge in [0.05, 0.1) is 18.4 Å². The number of aromatic carboxylic acids is 1. The lowest BCUT2D eigenvalue weighted by molar-refractivity contribution is 0.0695. The van der Waals surface area contributed by atoms with E-state index in [1.54, 1.807) is 29.9 Å². The van der Waals surface area contributed by atoms with Gasteiger partial charge in [-0.05, 0) is 12.1 Å². The van der Waals surface area contributed by atoms with Crippen molar-refractivity contribution in [2.24, 2.45) is 7.05 Å². The predicted octanol–water partition coefficient (Wildman–Crippen LogP) is 1.46. The van der Waals surface area contributed by atoms with E-state index < -0.39 is 5.97 Å². The first-order valence-electron chi connectivity index (χ1n) is 5.73. The molecule has 0 saturated heterocycles. The van der Waals surface area contributed by atoms with Gasteiger partial charge in [-0.1, -0.05) is 6.07 Å². The SMILES string of the molecule is CN(Cc1c(C(=O)O)cnn1C)c1cccc(O)c1. The number of rotatable bonds is 4. The Labute approximate surface area is 110 Å². The number of carboxylic acid groups (broad SMARTS) is 1. The third-order valence-corrected chi connectivity index (χ3v) is 2.95. The maximum atomic E-state index is 11.1. The standard InChI is InChI=1S/C13H15N3O3/c1-15(9-4-3-5-10(17)6-9)8-12-11(13(18)19)7-14-16(12)2/h3-7,17H,8H2,1-2H3,(H,18,19). The van der Waals surface area contributed by atoms with Crippen LogP contribution in [0.5, 0.6) is 5.75 Å². The zero-order valence-electron chi connectivity index (χ0n) is 10.7. The van der Waals surface area contributed by atoms with Gasteiger partial charge in [-0.3, -0.25) is 4.68 Å². The maximum absolute atomic E-state index is 11.1. The minimum absolute atomic E-state index is 0.174. The molecule has 100 valence electrons. The lowest BCUT2D eigenvalue weighted by atomic mass is 10.2. The van der Waals surface area contributed by atoms with Crippen LogP contribution in [0, 0.1) is 0 Å². The Kier molecular flexibility index (Phi) is 3.41. The first-order chi connectivity index (χ1) is 8.99. The van der Waals surface area contributed by atoms with E-state index in [9.17, 15) is 9.90 Å². The summed E-state index contributed by atoms with van der Waals surface area (Å²) in [7, 11) is 3.53. The Bertz CT molecular complexity index is 607. The molecule has 0 spiro atoms. The minimum Gasteiger partial charge on any atom is -0.508 e. The van der Waals surface area contributed by atoms with Crippen molar-refractivity contribution >= 4 is 11.7 Å². The number of aryl methyl sites for hydroxylation is 1. The largest absolute Gasteiger partial charge is 0.508 e. The molecule has 0 unspecified atom stereocenters. The van der Waals surface area contributed by atoms with Gasteiger partial charge in [0.1, 0.15) is 11.3 Å². The Morgan fingerprint density at radius 1 is 1.47 bits per heavy atom. The van der Waals surface area contributed by atoms with Crippen molar-refractivity contribution in [2.45, 2.75) is 6.54 Å². The first-order valence-corrected chi connectivity index (χ1v) is 5.73. The molecule has 0 aliphatic rings. The summed E-state index contributed by atoms with van der Waals surface area (Å²) in [6.45, 7) is 0.390. The monoisotopic (exact) mass is 261 g/mol. The zero-order valence-corrected chi connectivity index (χ0v) is 10.7. The minimum atomic E-state index is -0.993. The van der Waals surface area contributed by atoms with E-state index in [0.29, 0.717) is 12.2 Å². The van der Waals surface area contributed by atoms with Gasteiger partial charge in [-0.15, -0.1) is 0 Å². The van der Waals surface area contributed by atoms with Crippen molar-refractivity contribution in [3.8, 4) is 5.75 Å². The summed E-state index contributed by atoms with van der Waals surface area (Å²) in [5, 5.41) is 22.5. The van der Waals surface area contributed by atoms with Crippen molar-refractivity contribution < 1.29 is 15.0 Å². The summed E-state index contributed by atoms with van der Waals surface area (Å²) >= 11 is 0. The molecule has 1 heterocycles. The fourth-order valence-electron chi connectivity index (χ4n) is 1.88. The highest BCUT2D eigenvalue weighted by Crippen LogP contribution is 2.21. The summed E-state index contributed by atoms with van der Waals surface area (Å²) in [5.41, 5.74) is 1.60. The second kappa shape index (κ2) is 5.01. The van der Waals surface area contributed by atoms with Crippen LogP contribution in [0.1, 0.15) is 16.1 Å². The highest BCUT2D eigenvalue weighted by Gasteiger charge is 2.16.